The second-order valence-corrected chi connectivity index (χ2v) is 7.49. The van der Waals surface area contributed by atoms with Gasteiger partial charge in [-0.2, -0.15) is 0 Å². The number of rotatable bonds is 7. The molecule has 3 rings (SSSR count). The molecule has 2 N–H and O–H groups in total. The second kappa shape index (κ2) is 9.56. The molecule has 6 heteroatoms. The van der Waals surface area contributed by atoms with E-state index in [1.807, 2.05) is 0 Å². The Balaban J connectivity index is 2.36. The topological polar surface area (TPSA) is 74.0 Å². The number of benzene rings is 1. The van der Waals surface area contributed by atoms with Crippen molar-refractivity contribution in [1.82, 2.24) is 4.90 Å². The van der Waals surface area contributed by atoms with Crippen LogP contribution in [0.4, 0.5) is 0 Å². The number of carbonyl (C=O) groups excluding carboxylic acids is 1. The van der Waals surface area contributed by atoms with Gasteiger partial charge in [-0.05, 0) is 47.9 Å². The first-order valence-corrected chi connectivity index (χ1v) is 9.47. The molecule has 4 atom stereocenters. The first-order chi connectivity index (χ1) is 20.8. The predicted molar refractivity (Wildman–Crippen MR) is 118 cm³/mol. The lowest BCUT2D eigenvalue weighted by Crippen LogP contribution is -2.51. The fraction of sp³-hybridized carbons (Fsp3) is 0.708. The van der Waals surface area contributed by atoms with Crippen LogP contribution in [0.5, 0.6) is 11.5 Å². The fourth-order valence-electron chi connectivity index (χ4n) is 3.46. The molecular formula is C24H38N2O4. The highest BCUT2D eigenvalue weighted by Gasteiger charge is 2.41. The van der Waals surface area contributed by atoms with Gasteiger partial charge in [0, 0.05) is 47.8 Å². The predicted octanol–water partition coefficient (Wildman–Crippen LogP) is 3.56. The van der Waals surface area contributed by atoms with Crippen molar-refractivity contribution in [2.45, 2.75) is 64.9 Å². The van der Waals surface area contributed by atoms with Crippen LogP contribution in [0, 0.1) is 17.7 Å². The van der Waals surface area contributed by atoms with E-state index in [0.29, 0.717) is 5.56 Å². The van der Waals surface area contributed by atoms with Crippen molar-refractivity contribution >= 4 is 5.97 Å². The number of methoxy groups -OCH3 is 2. The van der Waals surface area contributed by atoms with Gasteiger partial charge in [0.25, 0.3) is 0 Å². The molecule has 0 aliphatic carbocycles. The zero-order valence-corrected chi connectivity index (χ0v) is 17.1. The molecule has 0 saturated carbocycles. The Kier molecular flexibility index (Phi) is 2.99. The molecule has 0 bridgehead atoms. The Morgan fingerprint density at radius 2 is 2.17 bits per heavy atom. The van der Waals surface area contributed by atoms with Crippen molar-refractivity contribution in [1.29, 1.82) is 0 Å². The molecule has 0 aromatic heterocycles. The second-order valence-electron chi connectivity index (χ2n) is 7.49. The van der Waals surface area contributed by atoms with Gasteiger partial charge in [0.05, 0.1) is 21.0 Å². The largest absolute Gasteiger partial charge is 0.493 e. The summed E-state index contributed by atoms with van der Waals surface area (Å²) >= 11 is 0. The van der Waals surface area contributed by atoms with Crippen LogP contribution in [-0.2, 0) is 16.0 Å². The van der Waals surface area contributed by atoms with Crippen LogP contribution in [0.15, 0.2) is 12.1 Å². The molecular weight excluding hydrogens is 380 g/mol. The average Bonchev–Trinajstić information content (AvgIpc) is 2.87. The number of hydrogen-bond donors (Lipinski definition) is 1. The minimum atomic E-state index is -4.09. The van der Waals surface area contributed by atoms with Gasteiger partial charge < -0.3 is 19.9 Å². The van der Waals surface area contributed by atoms with E-state index >= 15 is 0 Å². The minimum Gasteiger partial charge on any atom is -0.493 e. The van der Waals surface area contributed by atoms with Crippen molar-refractivity contribution in [3.63, 3.8) is 0 Å². The van der Waals surface area contributed by atoms with E-state index in [4.69, 9.17) is 37.8 Å². The van der Waals surface area contributed by atoms with Crippen molar-refractivity contribution in [3.05, 3.63) is 23.3 Å². The molecule has 1 saturated heterocycles. The SMILES string of the molecule is [2H]C([2H])([2H])Oc1cc2c(cc1OC)CCN1C2C([2H])([2H])C([2H])(OC(=O)[C@@]([2H])(N)C([2H])(C([2H])([2H])[2H])C([2H])([2H])[2H])C([2H])(CC(C)C)C1([2H])[2H]. The molecule has 0 radical (unpaired) electrons. The molecule has 30 heavy (non-hydrogen) atoms. The molecule has 1 aromatic carbocycles. The standard InChI is InChI=1S/C24H38N2O4/c1-14(2)9-17-13-26-8-7-16-10-21(28-5)22(29-6)11-18(16)19(26)12-20(17)30-24(27)23(25)15(3)4/h10-11,14-15,17,19-20,23H,7-9,12-13,25H2,1-6H3/t17?,19?,20?,23-/m0/s1/i3D3,4D3,6D3,12D2,13D2,15D,17D,20D,23D. The Morgan fingerprint density at radius 1 is 1.40 bits per heavy atom. The number of fused-ring (bicyclic) bond motifs is 3. The van der Waals surface area contributed by atoms with Crippen molar-refractivity contribution < 1.29 is 42.3 Å². The van der Waals surface area contributed by atoms with Crippen LogP contribution in [0.2, 0.25) is 0 Å². The van der Waals surface area contributed by atoms with Crippen LogP contribution in [0.3, 0.4) is 0 Å². The summed E-state index contributed by atoms with van der Waals surface area (Å²) in [6.07, 6.45) is -7.68. The van der Waals surface area contributed by atoms with Gasteiger partial charge in [-0.15, -0.1) is 0 Å². The van der Waals surface area contributed by atoms with E-state index in [0.717, 1.165) is 11.0 Å². The Hall–Kier alpha value is -1.79. The number of carbonyl (C=O) groups is 1. The lowest BCUT2D eigenvalue weighted by atomic mass is 9.79. The average molecular weight is 436 g/mol. The fourth-order valence-corrected chi connectivity index (χ4v) is 3.46. The number of nitrogens with two attached hydrogens (primary N) is 1. The number of esters is 1. The highest BCUT2D eigenvalue weighted by Crippen LogP contribution is 2.44. The van der Waals surface area contributed by atoms with E-state index < -0.39 is 87.6 Å². The Labute approximate surface area is 204 Å². The van der Waals surface area contributed by atoms with Gasteiger partial charge in [0.2, 0.25) is 0 Å². The third-order valence-electron chi connectivity index (χ3n) is 4.88. The molecule has 6 nitrogen and oxygen atoms in total. The van der Waals surface area contributed by atoms with E-state index in [9.17, 15) is 10.3 Å². The summed E-state index contributed by atoms with van der Waals surface area (Å²) in [5, 5.41) is 0. The summed E-state index contributed by atoms with van der Waals surface area (Å²) < 4.78 is 157. The van der Waals surface area contributed by atoms with E-state index in [2.05, 4.69) is 0 Å². The number of nitrogens with zero attached hydrogens (tertiary/aromatic N) is 1. The monoisotopic (exact) mass is 435 g/mol. The molecule has 2 heterocycles. The lowest BCUT2D eigenvalue weighted by Gasteiger charge is -2.47. The van der Waals surface area contributed by atoms with E-state index in [1.165, 1.54) is 27.0 Å². The molecule has 1 aromatic rings. The van der Waals surface area contributed by atoms with Gasteiger partial charge in [0.1, 0.15) is 12.1 Å². The maximum Gasteiger partial charge on any atom is 0.323 e. The number of piperidine rings is 1. The van der Waals surface area contributed by atoms with Crippen LogP contribution in [-0.4, -0.2) is 50.2 Å². The summed E-state index contributed by atoms with van der Waals surface area (Å²) in [4.78, 5) is 14.6. The summed E-state index contributed by atoms with van der Waals surface area (Å²) in [5.41, 5.74) is 5.87. The molecule has 2 aliphatic rings. The van der Waals surface area contributed by atoms with Crippen molar-refractivity contribution in [2.24, 2.45) is 23.4 Å². The quantitative estimate of drug-likeness (QED) is 0.660. The van der Waals surface area contributed by atoms with Gasteiger partial charge in [-0.3, -0.25) is 9.69 Å². The van der Waals surface area contributed by atoms with Crippen LogP contribution in [0.1, 0.15) is 80.8 Å². The number of hydrogen-bond acceptors (Lipinski definition) is 6. The summed E-state index contributed by atoms with van der Waals surface area (Å²) in [7, 11) is -1.79. The van der Waals surface area contributed by atoms with Gasteiger partial charge in [-0.1, -0.05) is 27.6 Å². The molecule has 3 unspecified atom stereocenters. The van der Waals surface area contributed by atoms with Gasteiger partial charge in [0.15, 0.2) is 11.5 Å². The molecule has 1 fully saturated rings. The normalized spacial score (nSPS) is 44.2. The van der Waals surface area contributed by atoms with Crippen molar-refractivity contribution in [2.75, 3.05) is 27.2 Å². The highest BCUT2D eigenvalue weighted by atomic mass is 16.5. The summed E-state index contributed by atoms with van der Waals surface area (Å²) in [5.74, 6) is -10.6. The molecule has 0 spiro atoms. The first kappa shape index (κ1) is 9.37. The van der Waals surface area contributed by atoms with E-state index in [-0.39, 0.29) is 24.3 Å². The zero-order valence-electron chi connectivity index (χ0n) is 34.1. The summed E-state index contributed by atoms with van der Waals surface area (Å²) in [6.45, 7) is -8.12. The third kappa shape index (κ3) is 4.75. The summed E-state index contributed by atoms with van der Waals surface area (Å²) in [6, 6.07) is -3.54. The molecule has 168 valence electrons. The maximum absolute atomic E-state index is 13.7. The number of ether oxygens (including phenoxy) is 3. The Morgan fingerprint density at radius 3 is 2.83 bits per heavy atom. The Bertz CT molecular complexity index is 1360. The van der Waals surface area contributed by atoms with Crippen molar-refractivity contribution in [3.8, 4) is 11.5 Å². The van der Waals surface area contributed by atoms with E-state index in [1.54, 1.807) is 0 Å². The third-order valence-corrected chi connectivity index (χ3v) is 4.88. The van der Waals surface area contributed by atoms with Crippen LogP contribution in [0.25, 0.3) is 0 Å². The smallest absolute Gasteiger partial charge is 0.323 e. The molecule has 2 aliphatic heterocycles. The van der Waals surface area contributed by atoms with Crippen LogP contribution < -0.4 is 15.2 Å². The maximum atomic E-state index is 13.7. The van der Waals surface area contributed by atoms with Gasteiger partial charge >= 0.3 is 5.97 Å². The minimum absolute atomic E-state index is 0.0333. The zero-order chi connectivity index (χ0) is 36.8. The lowest BCUT2D eigenvalue weighted by molar-refractivity contribution is -0.160. The highest BCUT2D eigenvalue weighted by molar-refractivity contribution is 5.76. The van der Waals surface area contributed by atoms with Crippen LogP contribution >= 0.6 is 0 Å². The van der Waals surface area contributed by atoms with Gasteiger partial charge in [-0.25, -0.2) is 0 Å². The molecule has 0 amide bonds. The first-order valence-electron chi connectivity index (χ1n) is 18.0.